The summed E-state index contributed by atoms with van der Waals surface area (Å²) in [6.45, 7) is 3.84. The Balaban J connectivity index is 2.36. The molecule has 0 unspecified atom stereocenters. The second-order valence-electron chi connectivity index (χ2n) is 4.49. The van der Waals surface area contributed by atoms with E-state index in [1.807, 2.05) is 26.0 Å². The van der Waals surface area contributed by atoms with Crippen LogP contribution in [0.1, 0.15) is 21.5 Å². The molecule has 2 rings (SSSR count). The van der Waals surface area contributed by atoms with Gasteiger partial charge in [0.05, 0.1) is 16.3 Å². The average molecular weight is 357 g/mol. The highest BCUT2D eigenvalue weighted by atomic mass is 79.9. The highest BCUT2D eigenvalue weighted by Crippen LogP contribution is 2.28. The maximum Gasteiger partial charge on any atom is 0.258 e. The van der Waals surface area contributed by atoms with Crippen molar-refractivity contribution in [3.05, 3.63) is 62.3 Å². The number of carbonyl (C=O) groups is 1. The van der Waals surface area contributed by atoms with E-state index < -0.39 is 11.7 Å². The minimum absolute atomic E-state index is 0.0719. The second kappa shape index (κ2) is 5.94. The molecule has 0 atom stereocenters. The molecule has 2 aromatic rings. The van der Waals surface area contributed by atoms with E-state index in [0.717, 1.165) is 15.6 Å². The molecule has 0 aromatic heterocycles. The lowest BCUT2D eigenvalue weighted by molar-refractivity contribution is 0.102. The lowest BCUT2D eigenvalue weighted by Crippen LogP contribution is -2.15. The number of benzene rings is 2. The fraction of sp³-hybridized carbons (Fsp3) is 0.133. The van der Waals surface area contributed by atoms with Crippen molar-refractivity contribution in [3.63, 3.8) is 0 Å². The van der Waals surface area contributed by atoms with Crippen molar-refractivity contribution in [3.8, 4) is 0 Å². The molecular formula is C15H12BrClFNO. The molecule has 104 valence electrons. The van der Waals surface area contributed by atoms with Gasteiger partial charge in [-0.2, -0.15) is 0 Å². The van der Waals surface area contributed by atoms with Gasteiger partial charge in [0.1, 0.15) is 0 Å². The van der Waals surface area contributed by atoms with Crippen LogP contribution in [0.25, 0.3) is 0 Å². The van der Waals surface area contributed by atoms with Crippen molar-refractivity contribution in [1.82, 2.24) is 0 Å². The number of hydrogen-bond acceptors (Lipinski definition) is 1. The van der Waals surface area contributed by atoms with Crippen LogP contribution >= 0.6 is 27.5 Å². The molecule has 0 spiro atoms. The number of nitrogens with one attached hydrogen (secondary N) is 1. The third kappa shape index (κ3) is 3.02. The zero-order chi connectivity index (χ0) is 14.9. The van der Waals surface area contributed by atoms with Crippen LogP contribution in [-0.2, 0) is 0 Å². The largest absolute Gasteiger partial charge is 0.321 e. The van der Waals surface area contributed by atoms with Crippen LogP contribution < -0.4 is 5.32 Å². The van der Waals surface area contributed by atoms with E-state index in [0.29, 0.717) is 5.69 Å². The van der Waals surface area contributed by atoms with Crippen molar-refractivity contribution in [2.75, 3.05) is 5.32 Å². The van der Waals surface area contributed by atoms with Crippen molar-refractivity contribution >= 4 is 39.1 Å². The number of amides is 1. The molecule has 0 fully saturated rings. The number of carbonyl (C=O) groups excluding carboxylic acids is 1. The molecule has 0 aliphatic carbocycles. The summed E-state index contributed by atoms with van der Waals surface area (Å²) in [5.74, 6) is -1.25. The van der Waals surface area contributed by atoms with E-state index in [4.69, 9.17) is 11.6 Å². The summed E-state index contributed by atoms with van der Waals surface area (Å²) in [5, 5.41) is 2.63. The minimum Gasteiger partial charge on any atom is -0.321 e. The molecule has 0 aliphatic heterocycles. The molecule has 5 heteroatoms. The van der Waals surface area contributed by atoms with Crippen LogP contribution in [0.15, 0.2) is 34.8 Å². The molecule has 0 saturated carbocycles. The Bertz CT molecular complexity index is 665. The predicted octanol–water partition coefficient (Wildman–Crippen LogP) is 5.11. The van der Waals surface area contributed by atoms with Crippen LogP contribution in [-0.4, -0.2) is 5.91 Å². The Labute approximate surface area is 130 Å². The molecule has 0 heterocycles. The molecule has 1 N–H and O–H groups in total. The first kappa shape index (κ1) is 15.0. The second-order valence-corrected chi connectivity index (χ2v) is 5.76. The summed E-state index contributed by atoms with van der Waals surface area (Å²) < 4.78 is 14.6. The van der Waals surface area contributed by atoms with Gasteiger partial charge in [-0.05, 0) is 59.1 Å². The van der Waals surface area contributed by atoms with E-state index in [1.54, 1.807) is 0 Å². The van der Waals surface area contributed by atoms with E-state index >= 15 is 0 Å². The van der Waals surface area contributed by atoms with Crippen LogP contribution in [0.2, 0.25) is 5.02 Å². The van der Waals surface area contributed by atoms with Gasteiger partial charge in [0.15, 0.2) is 5.82 Å². The molecule has 0 saturated heterocycles. The molecule has 2 aromatic carbocycles. The summed E-state index contributed by atoms with van der Waals surface area (Å²) in [5.41, 5.74) is 2.51. The van der Waals surface area contributed by atoms with Crippen molar-refractivity contribution < 1.29 is 9.18 Å². The van der Waals surface area contributed by atoms with E-state index in [1.165, 1.54) is 18.2 Å². The van der Waals surface area contributed by atoms with Gasteiger partial charge in [-0.3, -0.25) is 4.79 Å². The molecule has 2 nitrogen and oxygen atoms in total. The Kier molecular flexibility index (Phi) is 4.45. The SMILES string of the molecule is Cc1cc(C)c(NC(=O)c2cccc(Cl)c2F)c(Br)c1. The highest BCUT2D eigenvalue weighted by molar-refractivity contribution is 9.10. The number of aryl methyl sites for hydroxylation is 2. The Morgan fingerprint density at radius 1 is 1.30 bits per heavy atom. The van der Waals surface area contributed by atoms with E-state index in [9.17, 15) is 9.18 Å². The van der Waals surface area contributed by atoms with Gasteiger partial charge in [-0.15, -0.1) is 0 Å². The summed E-state index contributed by atoms with van der Waals surface area (Å²) in [6.07, 6.45) is 0. The lowest BCUT2D eigenvalue weighted by atomic mass is 10.1. The maximum atomic E-state index is 13.8. The van der Waals surface area contributed by atoms with Gasteiger partial charge in [0.2, 0.25) is 0 Å². The summed E-state index contributed by atoms with van der Waals surface area (Å²) in [4.78, 5) is 12.1. The van der Waals surface area contributed by atoms with E-state index in [2.05, 4.69) is 21.2 Å². The lowest BCUT2D eigenvalue weighted by Gasteiger charge is -2.12. The molecule has 1 amide bonds. The third-order valence-electron chi connectivity index (χ3n) is 2.87. The predicted molar refractivity (Wildman–Crippen MR) is 83.0 cm³/mol. The van der Waals surface area contributed by atoms with Gasteiger partial charge >= 0.3 is 0 Å². The fourth-order valence-corrected chi connectivity index (χ4v) is 2.88. The molecule has 0 aliphatic rings. The Hall–Kier alpha value is -1.39. The third-order valence-corrected chi connectivity index (χ3v) is 3.78. The van der Waals surface area contributed by atoms with Gasteiger partial charge in [-0.1, -0.05) is 23.7 Å². The van der Waals surface area contributed by atoms with Crippen LogP contribution in [0.3, 0.4) is 0 Å². The number of rotatable bonds is 2. The Morgan fingerprint density at radius 3 is 2.65 bits per heavy atom. The smallest absolute Gasteiger partial charge is 0.258 e. The monoisotopic (exact) mass is 355 g/mol. The number of hydrogen-bond donors (Lipinski definition) is 1. The summed E-state index contributed by atoms with van der Waals surface area (Å²) in [7, 11) is 0. The molecular weight excluding hydrogens is 345 g/mol. The first-order valence-electron chi connectivity index (χ1n) is 5.92. The average Bonchev–Trinajstić information content (AvgIpc) is 2.36. The minimum atomic E-state index is -0.715. The summed E-state index contributed by atoms with van der Waals surface area (Å²) in [6, 6.07) is 8.16. The van der Waals surface area contributed by atoms with Crippen molar-refractivity contribution in [2.24, 2.45) is 0 Å². The number of anilines is 1. The van der Waals surface area contributed by atoms with Crippen molar-refractivity contribution in [2.45, 2.75) is 13.8 Å². The molecule has 0 bridgehead atoms. The maximum absolute atomic E-state index is 13.8. The van der Waals surface area contributed by atoms with Gasteiger partial charge < -0.3 is 5.32 Å². The summed E-state index contributed by atoms with van der Waals surface area (Å²) >= 11 is 9.08. The Morgan fingerprint density at radius 2 is 2.00 bits per heavy atom. The molecule has 20 heavy (non-hydrogen) atoms. The zero-order valence-corrected chi connectivity index (χ0v) is 13.3. The quantitative estimate of drug-likeness (QED) is 0.796. The highest BCUT2D eigenvalue weighted by Gasteiger charge is 2.16. The first-order chi connectivity index (χ1) is 9.40. The van der Waals surface area contributed by atoms with Gasteiger partial charge in [-0.25, -0.2) is 4.39 Å². The molecule has 0 radical (unpaired) electrons. The zero-order valence-electron chi connectivity index (χ0n) is 10.9. The standard InChI is InChI=1S/C15H12BrClFNO/c1-8-6-9(2)14(11(16)7-8)19-15(20)10-4-3-5-12(17)13(10)18/h3-7H,1-2H3,(H,19,20). The van der Waals surface area contributed by atoms with Crippen LogP contribution in [0, 0.1) is 19.7 Å². The first-order valence-corrected chi connectivity index (χ1v) is 7.09. The normalized spacial score (nSPS) is 10.4. The van der Waals surface area contributed by atoms with Gasteiger partial charge in [0, 0.05) is 4.47 Å². The van der Waals surface area contributed by atoms with E-state index in [-0.39, 0.29) is 10.6 Å². The van der Waals surface area contributed by atoms with Crippen LogP contribution in [0.4, 0.5) is 10.1 Å². The number of halogens is 3. The fourth-order valence-electron chi connectivity index (χ4n) is 1.93. The van der Waals surface area contributed by atoms with Crippen molar-refractivity contribution in [1.29, 1.82) is 0 Å². The topological polar surface area (TPSA) is 29.1 Å². The van der Waals surface area contributed by atoms with Crippen LogP contribution in [0.5, 0.6) is 0 Å². The van der Waals surface area contributed by atoms with Gasteiger partial charge in [0.25, 0.3) is 5.91 Å².